The van der Waals surface area contributed by atoms with Crippen LogP contribution >= 0.6 is 0 Å². The van der Waals surface area contributed by atoms with E-state index in [0.717, 1.165) is 23.1 Å². The van der Waals surface area contributed by atoms with Gasteiger partial charge in [0.05, 0.1) is 18.3 Å². The standard InChI is InChI=1S/C15H16N4O2/c1-2-10-6-18-14(21-10)8-19-15(20)12-7-17-13-5-9(16)3-4-11(12)13/h3-7,17H,2,8,16H2,1H3,(H,19,20). The third-order valence-corrected chi connectivity index (χ3v) is 3.30. The lowest BCUT2D eigenvalue weighted by Gasteiger charge is -2.01. The first-order valence-electron chi connectivity index (χ1n) is 6.75. The number of nitrogens with one attached hydrogen (secondary N) is 2. The Morgan fingerprint density at radius 1 is 1.48 bits per heavy atom. The number of hydrogen-bond acceptors (Lipinski definition) is 4. The minimum Gasteiger partial charge on any atom is -0.444 e. The molecule has 0 bridgehead atoms. The van der Waals surface area contributed by atoms with Crippen molar-refractivity contribution in [2.75, 3.05) is 5.73 Å². The van der Waals surface area contributed by atoms with Gasteiger partial charge in [-0.2, -0.15) is 0 Å². The van der Waals surface area contributed by atoms with E-state index in [4.69, 9.17) is 10.2 Å². The second-order valence-electron chi connectivity index (χ2n) is 4.76. The molecule has 0 atom stereocenters. The Morgan fingerprint density at radius 3 is 3.10 bits per heavy atom. The van der Waals surface area contributed by atoms with Gasteiger partial charge >= 0.3 is 0 Å². The fourth-order valence-corrected chi connectivity index (χ4v) is 2.18. The zero-order valence-corrected chi connectivity index (χ0v) is 11.6. The van der Waals surface area contributed by atoms with Crippen LogP contribution in [0.5, 0.6) is 0 Å². The Labute approximate surface area is 121 Å². The fraction of sp³-hybridized carbons (Fsp3) is 0.200. The molecule has 1 amide bonds. The van der Waals surface area contributed by atoms with Crippen molar-refractivity contribution in [3.05, 3.63) is 47.8 Å². The van der Waals surface area contributed by atoms with Crippen molar-refractivity contribution >= 4 is 22.5 Å². The molecule has 0 spiro atoms. The van der Waals surface area contributed by atoms with Crippen LogP contribution in [-0.4, -0.2) is 15.9 Å². The van der Waals surface area contributed by atoms with E-state index in [1.54, 1.807) is 24.5 Å². The summed E-state index contributed by atoms with van der Waals surface area (Å²) in [6, 6.07) is 5.40. The number of amides is 1. The number of aromatic amines is 1. The number of aromatic nitrogens is 2. The smallest absolute Gasteiger partial charge is 0.253 e. The number of benzene rings is 1. The molecule has 1 aromatic carbocycles. The maximum Gasteiger partial charge on any atom is 0.253 e. The highest BCUT2D eigenvalue weighted by Gasteiger charge is 2.13. The number of nitrogen functional groups attached to an aromatic ring is 1. The number of carbonyl (C=O) groups is 1. The van der Waals surface area contributed by atoms with Crippen molar-refractivity contribution < 1.29 is 9.21 Å². The lowest BCUT2D eigenvalue weighted by molar-refractivity contribution is 0.0949. The minimum atomic E-state index is -0.178. The number of carbonyl (C=O) groups excluding carboxylic acids is 1. The van der Waals surface area contributed by atoms with Gasteiger partial charge in [0.25, 0.3) is 5.91 Å². The molecule has 108 valence electrons. The fourth-order valence-electron chi connectivity index (χ4n) is 2.18. The van der Waals surface area contributed by atoms with E-state index in [2.05, 4.69) is 15.3 Å². The van der Waals surface area contributed by atoms with Crippen molar-refractivity contribution in [2.45, 2.75) is 19.9 Å². The van der Waals surface area contributed by atoms with Crippen molar-refractivity contribution in [3.8, 4) is 0 Å². The molecule has 0 aliphatic rings. The van der Waals surface area contributed by atoms with E-state index < -0.39 is 0 Å². The van der Waals surface area contributed by atoms with Crippen molar-refractivity contribution in [2.24, 2.45) is 0 Å². The van der Waals surface area contributed by atoms with Crippen LogP contribution in [0.2, 0.25) is 0 Å². The Hall–Kier alpha value is -2.76. The second-order valence-corrected chi connectivity index (χ2v) is 4.76. The summed E-state index contributed by atoms with van der Waals surface area (Å²) in [4.78, 5) is 19.4. The van der Waals surface area contributed by atoms with E-state index in [-0.39, 0.29) is 12.5 Å². The number of rotatable bonds is 4. The molecule has 0 saturated heterocycles. The van der Waals surface area contributed by atoms with Crippen molar-refractivity contribution in [1.82, 2.24) is 15.3 Å². The Morgan fingerprint density at radius 2 is 2.33 bits per heavy atom. The minimum absolute atomic E-state index is 0.178. The Balaban J connectivity index is 1.74. The van der Waals surface area contributed by atoms with Crippen LogP contribution in [0.25, 0.3) is 10.9 Å². The summed E-state index contributed by atoms with van der Waals surface area (Å²) in [5, 5.41) is 3.64. The highest BCUT2D eigenvalue weighted by molar-refractivity contribution is 6.07. The van der Waals surface area contributed by atoms with Gasteiger partial charge in [-0.15, -0.1) is 0 Å². The van der Waals surface area contributed by atoms with Gasteiger partial charge in [0.15, 0.2) is 0 Å². The van der Waals surface area contributed by atoms with Gasteiger partial charge in [-0.05, 0) is 18.2 Å². The summed E-state index contributed by atoms with van der Waals surface area (Å²) in [5.74, 6) is 1.13. The average Bonchev–Trinajstić information content (AvgIpc) is 3.10. The van der Waals surface area contributed by atoms with Crippen LogP contribution in [0.3, 0.4) is 0 Å². The number of anilines is 1. The van der Waals surface area contributed by atoms with E-state index in [1.165, 1.54) is 0 Å². The maximum atomic E-state index is 12.2. The van der Waals surface area contributed by atoms with Gasteiger partial charge in [0.2, 0.25) is 5.89 Å². The topological polar surface area (TPSA) is 96.9 Å². The molecule has 6 heteroatoms. The van der Waals surface area contributed by atoms with Gasteiger partial charge in [-0.1, -0.05) is 6.92 Å². The maximum absolute atomic E-state index is 12.2. The zero-order chi connectivity index (χ0) is 14.8. The summed E-state index contributed by atoms with van der Waals surface area (Å²) < 4.78 is 5.45. The molecule has 2 heterocycles. The summed E-state index contributed by atoms with van der Waals surface area (Å²) in [7, 11) is 0. The van der Waals surface area contributed by atoms with E-state index in [9.17, 15) is 4.79 Å². The molecule has 0 unspecified atom stereocenters. The Kier molecular flexibility index (Phi) is 3.35. The Bertz CT molecular complexity index is 788. The first kappa shape index (κ1) is 13.2. The third kappa shape index (κ3) is 2.60. The molecule has 6 nitrogen and oxygen atoms in total. The highest BCUT2D eigenvalue weighted by Crippen LogP contribution is 2.20. The number of hydrogen-bond donors (Lipinski definition) is 3. The van der Waals surface area contributed by atoms with Crippen LogP contribution in [0, 0.1) is 0 Å². The predicted octanol–water partition coefficient (Wildman–Crippen LogP) is 2.23. The van der Waals surface area contributed by atoms with Gasteiger partial charge < -0.3 is 20.5 Å². The SMILES string of the molecule is CCc1cnc(CNC(=O)c2c[nH]c3cc(N)ccc23)o1. The number of nitrogens with zero attached hydrogens (tertiary/aromatic N) is 1. The first-order valence-corrected chi connectivity index (χ1v) is 6.75. The van der Waals surface area contributed by atoms with Crippen molar-refractivity contribution in [1.29, 1.82) is 0 Å². The molecule has 3 rings (SSSR count). The van der Waals surface area contributed by atoms with Crippen molar-refractivity contribution in [3.63, 3.8) is 0 Å². The largest absolute Gasteiger partial charge is 0.444 e. The summed E-state index contributed by atoms with van der Waals surface area (Å²) in [5.41, 5.74) is 7.79. The molecule has 21 heavy (non-hydrogen) atoms. The van der Waals surface area contributed by atoms with Crippen LogP contribution in [-0.2, 0) is 13.0 Å². The molecule has 0 aliphatic carbocycles. The molecule has 0 aliphatic heterocycles. The van der Waals surface area contributed by atoms with Gasteiger partial charge in [0, 0.05) is 29.2 Å². The molecular weight excluding hydrogens is 268 g/mol. The third-order valence-electron chi connectivity index (χ3n) is 3.30. The number of H-pyrrole nitrogens is 1. The van der Waals surface area contributed by atoms with Crippen LogP contribution in [0.15, 0.2) is 35.0 Å². The van der Waals surface area contributed by atoms with E-state index in [1.807, 2.05) is 13.0 Å². The first-order chi connectivity index (χ1) is 10.2. The molecule has 2 aromatic heterocycles. The van der Waals surface area contributed by atoms with Gasteiger partial charge in [-0.25, -0.2) is 4.98 Å². The summed E-state index contributed by atoms with van der Waals surface area (Å²) >= 11 is 0. The summed E-state index contributed by atoms with van der Waals surface area (Å²) in [6.45, 7) is 2.25. The number of fused-ring (bicyclic) bond motifs is 1. The monoisotopic (exact) mass is 284 g/mol. The normalized spacial score (nSPS) is 10.9. The van der Waals surface area contributed by atoms with E-state index >= 15 is 0 Å². The lowest BCUT2D eigenvalue weighted by atomic mass is 10.1. The molecule has 0 fully saturated rings. The summed E-state index contributed by atoms with van der Waals surface area (Å²) in [6.07, 6.45) is 4.13. The zero-order valence-electron chi connectivity index (χ0n) is 11.6. The van der Waals surface area contributed by atoms with Gasteiger partial charge in [0.1, 0.15) is 5.76 Å². The van der Waals surface area contributed by atoms with Gasteiger partial charge in [-0.3, -0.25) is 4.79 Å². The molecule has 3 aromatic rings. The second kappa shape index (κ2) is 5.32. The molecule has 0 radical (unpaired) electrons. The van der Waals surface area contributed by atoms with E-state index in [0.29, 0.717) is 17.1 Å². The molecule has 4 N–H and O–H groups in total. The highest BCUT2D eigenvalue weighted by atomic mass is 16.4. The van der Waals surface area contributed by atoms with Crippen LogP contribution in [0.4, 0.5) is 5.69 Å². The molecular formula is C15H16N4O2. The quantitative estimate of drug-likeness (QED) is 0.640. The lowest BCUT2D eigenvalue weighted by Crippen LogP contribution is -2.22. The predicted molar refractivity (Wildman–Crippen MR) is 79.8 cm³/mol. The number of oxazole rings is 1. The van der Waals surface area contributed by atoms with Crippen LogP contribution in [0.1, 0.15) is 28.9 Å². The number of aryl methyl sites for hydroxylation is 1. The van der Waals surface area contributed by atoms with Crippen LogP contribution < -0.4 is 11.1 Å². The molecule has 0 saturated carbocycles. The average molecular weight is 284 g/mol. The number of nitrogens with two attached hydrogens (primary N) is 1.